The van der Waals surface area contributed by atoms with Crippen molar-refractivity contribution in [2.24, 2.45) is 0 Å². The minimum Gasteiger partial charge on any atom is -0.379 e. The van der Waals surface area contributed by atoms with E-state index in [9.17, 15) is 9.59 Å². The predicted molar refractivity (Wildman–Crippen MR) is 125 cm³/mol. The highest BCUT2D eigenvalue weighted by Gasteiger charge is 2.47. The molecule has 0 spiro atoms. The van der Waals surface area contributed by atoms with E-state index < -0.39 is 5.54 Å². The molecule has 32 heavy (non-hydrogen) atoms. The summed E-state index contributed by atoms with van der Waals surface area (Å²) in [5.41, 5.74) is 1.58. The van der Waals surface area contributed by atoms with Crippen LogP contribution in [0.3, 0.4) is 0 Å². The van der Waals surface area contributed by atoms with E-state index in [0.717, 1.165) is 22.9 Å². The van der Waals surface area contributed by atoms with E-state index >= 15 is 0 Å². The van der Waals surface area contributed by atoms with E-state index in [1.807, 2.05) is 86.0 Å². The van der Waals surface area contributed by atoms with Crippen LogP contribution < -0.4 is 5.32 Å². The molecule has 168 valence electrons. The van der Waals surface area contributed by atoms with Gasteiger partial charge in [0.05, 0.1) is 12.6 Å². The van der Waals surface area contributed by atoms with E-state index in [0.29, 0.717) is 31.9 Å². The molecule has 0 saturated heterocycles. The summed E-state index contributed by atoms with van der Waals surface area (Å²) in [7, 11) is 0. The second kappa shape index (κ2) is 9.17. The maximum atomic E-state index is 13.7. The summed E-state index contributed by atoms with van der Waals surface area (Å²) < 4.78 is 7.56. The van der Waals surface area contributed by atoms with Gasteiger partial charge in [-0.1, -0.05) is 48.5 Å². The molecular weight excluding hydrogens is 402 g/mol. The number of nitrogens with one attached hydrogen (secondary N) is 1. The number of fused-ring (bicyclic) bond motifs is 3. The van der Waals surface area contributed by atoms with Crippen LogP contribution in [-0.4, -0.2) is 46.1 Å². The second-order valence-electron chi connectivity index (χ2n) is 8.85. The van der Waals surface area contributed by atoms with Gasteiger partial charge in [-0.2, -0.15) is 0 Å². The molecule has 0 saturated carbocycles. The quantitative estimate of drug-likeness (QED) is 0.547. The molecule has 2 amide bonds. The average Bonchev–Trinajstić information content (AvgIpc) is 3.15. The first-order chi connectivity index (χ1) is 15.4. The molecule has 6 heteroatoms. The average molecular weight is 434 g/mol. The van der Waals surface area contributed by atoms with Crippen molar-refractivity contribution in [2.75, 3.05) is 13.2 Å². The number of hydrogen-bond acceptors (Lipinski definition) is 3. The molecule has 2 aromatic carbocycles. The van der Waals surface area contributed by atoms with Crippen LogP contribution in [0.25, 0.3) is 10.9 Å². The third kappa shape index (κ3) is 4.28. The Hall–Kier alpha value is -3.12. The van der Waals surface area contributed by atoms with Crippen LogP contribution in [0.1, 0.15) is 43.2 Å². The fourth-order valence-electron chi connectivity index (χ4n) is 4.30. The second-order valence-corrected chi connectivity index (χ2v) is 8.85. The lowest BCUT2D eigenvalue weighted by Gasteiger charge is -2.44. The van der Waals surface area contributed by atoms with Gasteiger partial charge in [-0.15, -0.1) is 0 Å². The van der Waals surface area contributed by atoms with E-state index in [2.05, 4.69) is 5.32 Å². The number of aromatic nitrogens is 1. The maximum absolute atomic E-state index is 13.7. The molecular formula is C26H31N3O3. The van der Waals surface area contributed by atoms with Crippen molar-refractivity contribution >= 4 is 22.7 Å². The van der Waals surface area contributed by atoms with Crippen molar-refractivity contribution in [3.05, 3.63) is 71.9 Å². The number of carbonyl (C=O) groups excluding carboxylic acids is 2. The minimum atomic E-state index is -1.01. The van der Waals surface area contributed by atoms with Gasteiger partial charge in [-0.3, -0.25) is 9.59 Å². The molecule has 6 nitrogen and oxygen atoms in total. The summed E-state index contributed by atoms with van der Waals surface area (Å²) in [6.45, 7) is 7.73. The fourth-order valence-corrected chi connectivity index (χ4v) is 4.30. The first-order valence-corrected chi connectivity index (χ1v) is 11.2. The van der Waals surface area contributed by atoms with E-state index in [1.54, 1.807) is 4.90 Å². The molecule has 1 atom stereocenters. The lowest BCUT2D eigenvalue weighted by molar-refractivity contribution is -0.133. The Labute approximate surface area is 189 Å². The SMILES string of the molecule is CC(C)OCCCNC(=O)[C@@]1(C)Cn2c(cc3ccccc32)C(=O)N1Cc1ccccc1. The number of benzene rings is 2. The first kappa shape index (κ1) is 22.1. The van der Waals surface area contributed by atoms with Crippen molar-refractivity contribution in [1.29, 1.82) is 0 Å². The predicted octanol–water partition coefficient (Wildman–Crippen LogP) is 3.99. The first-order valence-electron chi connectivity index (χ1n) is 11.2. The molecule has 3 aromatic rings. The molecule has 1 N–H and O–H groups in total. The Bertz CT molecular complexity index is 1110. The van der Waals surface area contributed by atoms with Crippen LogP contribution in [0.4, 0.5) is 0 Å². The van der Waals surface area contributed by atoms with Crippen LogP contribution in [0.2, 0.25) is 0 Å². The van der Waals surface area contributed by atoms with Crippen molar-refractivity contribution in [1.82, 2.24) is 14.8 Å². The molecule has 1 aromatic heterocycles. The van der Waals surface area contributed by atoms with E-state index in [-0.39, 0.29) is 17.9 Å². The number of amides is 2. The molecule has 0 aliphatic carbocycles. The number of para-hydroxylation sites is 1. The Morgan fingerprint density at radius 3 is 2.59 bits per heavy atom. The summed E-state index contributed by atoms with van der Waals surface area (Å²) >= 11 is 0. The van der Waals surface area contributed by atoms with Gasteiger partial charge in [0.2, 0.25) is 5.91 Å². The van der Waals surface area contributed by atoms with Gasteiger partial charge >= 0.3 is 0 Å². The summed E-state index contributed by atoms with van der Waals surface area (Å²) in [5, 5.41) is 4.05. The number of nitrogens with zero attached hydrogens (tertiary/aromatic N) is 2. The molecule has 1 aliphatic heterocycles. The Morgan fingerprint density at radius 2 is 1.84 bits per heavy atom. The third-order valence-corrected chi connectivity index (χ3v) is 6.07. The van der Waals surface area contributed by atoms with Gasteiger partial charge in [0.15, 0.2) is 0 Å². The standard InChI is InChI=1S/C26H31N3O3/c1-19(2)32-15-9-14-27-25(31)26(3)18-28-22-13-8-7-12-21(22)16-23(28)24(30)29(26)17-20-10-5-4-6-11-20/h4-8,10-13,16,19H,9,14-15,17-18H2,1-3H3,(H,27,31)/t26-/m1/s1. The molecule has 0 radical (unpaired) electrons. The lowest BCUT2D eigenvalue weighted by atomic mass is 9.93. The number of rotatable bonds is 8. The Balaban J connectivity index is 1.63. The maximum Gasteiger partial charge on any atom is 0.271 e. The molecule has 0 unspecified atom stereocenters. The highest BCUT2D eigenvalue weighted by Crippen LogP contribution is 2.33. The molecule has 2 heterocycles. The monoisotopic (exact) mass is 433 g/mol. The highest BCUT2D eigenvalue weighted by molar-refractivity contribution is 6.03. The highest BCUT2D eigenvalue weighted by atomic mass is 16.5. The number of ether oxygens (including phenoxy) is 1. The van der Waals surface area contributed by atoms with Crippen molar-refractivity contribution < 1.29 is 14.3 Å². The van der Waals surface area contributed by atoms with Gasteiger partial charge in [0.25, 0.3) is 5.91 Å². The smallest absolute Gasteiger partial charge is 0.271 e. The molecule has 4 rings (SSSR count). The van der Waals surface area contributed by atoms with Gasteiger partial charge in [-0.25, -0.2) is 0 Å². The van der Waals surface area contributed by atoms with Crippen LogP contribution in [0.15, 0.2) is 60.7 Å². The summed E-state index contributed by atoms with van der Waals surface area (Å²) in [5.74, 6) is -0.271. The minimum absolute atomic E-state index is 0.128. The fraction of sp³-hybridized carbons (Fsp3) is 0.385. The molecule has 0 fully saturated rings. The van der Waals surface area contributed by atoms with Crippen LogP contribution in [0, 0.1) is 0 Å². The summed E-state index contributed by atoms with van der Waals surface area (Å²) in [4.78, 5) is 28.9. The third-order valence-electron chi connectivity index (χ3n) is 6.07. The largest absolute Gasteiger partial charge is 0.379 e. The van der Waals surface area contributed by atoms with E-state index in [1.165, 1.54) is 0 Å². The van der Waals surface area contributed by atoms with Crippen LogP contribution in [-0.2, 0) is 22.6 Å². The molecule has 1 aliphatic rings. The van der Waals surface area contributed by atoms with Gasteiger partial charge in [0, 0.05) is 30.6 Å². The Morgan fingerprint density at radius 1 is 1.12 bits per heavy atom. The topological polar surface area (TPSA) is 63.6 Å². The zero-order valence-electron chi connectivity index (χ0n) is 19.0. The van der Waals surface area contributed by atoms with Crippen molar-refractivity contribution in [3.8, 4) is 0 Å². The summed E-state index contributed by atoms with van der Waals surface area (Å²) in [6.07, 6.45) is 0.894. The van der Waals surface area contributed by atoms with Gasteiger partial charge in [-0.05, 0) is 44.9 Å². The van der Waals surface area contributed by atoms with Crippen LogP contribution in [0.5, 0.6) is 0 Å². The van der Waals surface area contributed by atoms with Crippen molar-refractivity contribution in [3.63, 3.8) is 0 Å². The summed E-state index contributed by atoms with van der Waals surface area (Å²) in [6, 6.07) is 19.7. The van der Waals surface area contributed by atoms with Crippen LogP contribution >= 0.6 is 0 Å². The normalized spacial score (nSPS) is 18.2. The van der Waals surface area contributed by atoms with Crippen molar-refractivity contribution in [2.45, 2.75) is 51.9 Å². The molecule has 0 bridgehead atoms. The van der Waals surface area contributed by atoms with E-state index in [4.69, 9.17) is 4.74 Å². The number of carbonyl (C=O) groups is 2. The zero-order chi connectivity index (χ0) is 22.7. The Kier molecular flexibility index (Phi) is 6.33. The van der Waals surface area contributed by atoms with Gasteiger partial charge in [0.1, 0.15) is 11.2 Å². The number of hydrogen-bond donors (Lipinski definition) is 1. The zero-order valence-corrected chi connectivity index (χ0v) is 19.0. The lowest BCUT2D eigenvalue weighted by Crippen LogP contribution is -2.63. The van der Waals surface area contributed by atoms with Gasteiger partial charge < -0.3 is 19.5 Å².